The number of hydrogen-bond acceptors (Lipinski definition) is 5. The van der Waals surface area contributed by atoms with Crippen molar-refractivity contribution in [2.45, 2.75) is 32.7 Å². The summed E-state index contributed by atoms with van der Waals surface area (Å²) in [5.41, 5.74) is 9.09. The topological polar surface area (TPSA) is 80.9 Å². The molecule has 0 atom stereocenters. The van der Waals surface area contributed by atoms with Gasteiger partial charge in [0, 0.05) is 10.8 Å². The summed E-state index contributed by atoms with van der Waals surface area (Å²) < 4.78 is 0. The molecule has 0 saturated carbocycles. The molecule has 2 aromatic heterocycles. The van der Waals surface area contributed by atoms with E-state index in [-0.39, 0.29) is 12.3 Å². The Hall–Kier alpha value is -2.47. The number of thiazole rings is 1. The van der Waals surface area contributed by atoms with Crippen LogP contribution in [0.4, 0.5) is 5.69 Å². The van der Waals surface area contributed by atoms with Crippen LogP contribution in [0.5, 0.6) is 0 Å². The van der Waals surface area contributed by atoms with E-state index in [1.807, 2.05) is 35.7 Å². The zero-order valence-corrected chi connectivity index (χ0v) is 14.6. The summed E-state index contributed by atoms with van der Waals surface area (Å²) in [5, 5.41) is 6.84. The van der Waals surface area contributed by atoms with Crippen molar-refractivity contribution in [1.82, 2.24) is 15.3 Å². The second-order valence-electron chi connectivity index (χ2n) is 6.00. The Kier molecular flexibility index (Phi) is 4.76. The zero-order valence-electron chi connectivity index (χ0n) is 13.7. The predicted octanol–water partition coefficient (Wildman–Crippen LogP) is 3.26. The summed E-state index contributed by atoms with van der Waals surface area (Å²) in [5.74, 6) is 0.329. The van der Waals surface area contributed by atoms with Crippen LogP contribution in [0.3, 0.4) is 0 Å². The molecular formula is C18H20N4OS. The molecule has 3 rings (SSSR count). The number of anilines is 1. The second kappa shape index (κ2) is 6.97. The van der Waals surface area contributed by atoms with E-state index in [0.29, 0.717) is 23.8 Å². The zero-order chi connectivity index (χ0) is 17.1. The first-order valence-electron chi connectivity index (χ1n) is 7.88. The summed E-state index contributed by atoms with van der Waals surface area (Å²) in [4.78, 5) is 21.2. The molecule has 0 aliphatic carbocycles. The molecule has 1 aromatic carbocycles. The Morgan fingerprint density at radius 3 is 2.83 bits per heavy atom. The number of nitrogen functional groups attached to an aromatic ring is 1. The van der Waals surface area contributed by atoms with Gasteiger partial charge in [-0.25, -0.2) is 4.98 Å². The van der Waals surface area contributed by atoms with Gasteiger partial charge in [-0.1, -0.05) is 32.0 Å². The maximum Gasteiger partial charge on any atom is 0.226 e. The van der Waals surface area contributed by atoms with Gasteiger partial charge in [0.25, 0.3) is 0 Å². The average molecular weight is 340 g/mol. The molecule has 0 radical (unpaired) electrons. The summed E-state index contributed by atoms with van der Waals surface area (Å²) in [6.45, 7) is 4.66. The molecule has 0 saturated heterocycles. The quantitative estimate of drug-likeness (QED) is 0.699. The first kappa shape index (κ1) is 16.4. The largest absolute Gasteiger partial charge is 0.397 e. The van der Waals surface area contributed by atoms with Crippen molar-refractivity contribution >= 4 is 33.8 Å². The number of rotatable bonds is 5. The third kappa shape index (κ3) is 3.71. The molecule has 24 heavy (non-hydrogen) atoms. The molecule has 3 aromatic rings. The van der Waals surface area contributed by atoms with Gasteiger partial charge in [0.1, 0.15) is 5.01 Å². The van der Waals surface area contributed by atoms with E-state index < -0.39 is 0 Å². The number of benzene rings is 1. The molecule has 0 bridgehead atoms. The van der Waals surface area contributed by atoms with Crippen LogP contribution < -0.4 is 11.1 Å². The fourth-order valence-electron chi connectivity index (χ4n) is 2.38. The average Bonchev–Trinajstić information content (AvgIpc) is 3.03. The summed E-state index contributed by atoms with van der Waals surface area (Å²) in [6.07, 6.45) is 0.229. The van der Waals surface area contributed by atoms with Gasteiger partial charge in [0.05, 0.1) is 35.6 Å². The Bertz CT molecular complexity index is 872. The SMILES string of the molecule is CC(C)c1csc(CNC(=O)Cc2ccc3cccc(N)c3n2)n1. The number of hydrogen-bond donors (Lipinski definition) is 2. The van der Waals surface area contributed by atoms with E-state index in [4.69, 9.17) is 5.73 Å². The molecule has 2 heterocycles. The van der Waals surface area contributed by atoms with Crippen LogP contribution in [0, 0.1) is 0 Å². The molecule has 0 aliphatic rings. The highest BCUT2D eigenvalue weighted by Crippen LogP contribution is 2.19. The lowest BCUT2D eigenvalue weighted by atomic mass is 10.1. The molecule has 0 fully saturated rings. The van der Waals surface area contributed by atoms with Crippen LogP contribution in [0.2, 0.25) is 0 Å². The normalized spacial score (nSPS) is 11.1. The van der Waals surface area contributed by atoms with Crippen LogP contribution in [-0.2, 0) is 17.8 Å². The van der Waals surface area contributed by atoms with E-state index in [0.717, 1.165) is 21.6 Å². The highest BCUT2D eigenvalue weighted by Gasteiger charge is 2.09. The van der Waals surface area contributed by atoms with Crippen LogP contribution in [-0.4, -0.2) is 15.9 Å². The van der Waals surface area contributed by atoms with Gasteiger partial charge < -0.3 is 11.1 Å². The molecule has 3 N–H and O–H groups in total. The van der Waals surface area contributed by atoms with Gasteiger partial charge in [-0.2, -0.15) is 0 Å². The van der Waals surface area contributed by atoms with Crippen molar-refractivity contribution in [2.75, 3.05) is 5.73 Å². The van der Waals surface area contributed by atoms with E-state index in [1.165, 1.54) is 0 Å². The third-order valence-electron chi connectivity index (χ3n) is 3.75. The van der Waals surface area contributed by atoms with E-state index in [2.05, 4.69) is 29.1 Å². The minimum Gasteiger partial charge on any atom is -0.397 e. The number of fused-ring (bicyclic) bond motifs is 1. The van der Waals surface area contributed by atoms with Crippen LogP contribution in [0.15, 0.2) is 35.7 Å². The fraction of sp³-hybridized carbons (Fsp3) is 0.278. The smallest absolute Gasteiger partial charge is 0.226 e. The minimum atomic E-state index is -0.0716. The number of para-hydroxylation sites is 1. The van der Waals surface area contributed by atoms with E-state index in [1.54, 1.807) is 11.3 Å². The number of nitrogens with one attached hydrogen (secondary N) is 1. The van der Waals surface area contributed by atoms with Crippen molar-refractivity contribution in [3.05, 3.63) is 52.1 Å². The van der Waals surface area contributed by atoms with Crippen LogP contribution in [0.1, 0.15) is 36.2 Å². The Morgan fingerprint density at radius 2 is 2.08 bits per heavy atom. The van der Waals surface area contributed by atoms with Crippen molar-refractivity contribution in [3.63, 3.8) is 0 Å². The van der Waals surface area contributed by atoms with Gasteiger partial charge >= 0.3 is 0 Å². The number of carbonyl (C=O) groups excluding carboxylic acids is 1. The number of pyridine rings is 1. The number of nitrogens with two attached hydrogens (primary N) is 1. The number of nitrogens with zero attached hydrogens (tertiary/aromatic N) is 2. The van der Waals surface area contributed by atoms with Gasteiger partial charge in [0.2, 0.25) is 5.91 Å². The molecule has 1 amide bonds. The number of aromatic nitrogens is 2. The molecule has 6 heteroatoms. The standard InChI is InChI=1S/C18H20N4OS/c1-11(2)15-10-24-17(22-15)9-20-16(23)8-13-7-6-12-4-3-5-14(19)18(12)21-13/h3-7,10-11H,8-9,19H2,1-2H3,(H,20,23). The van der Waals surface area contributed by atoms with Crippen molar-refractivity contribution in [3.8, 4) is 0 Å². The maximum absolute atomic E-state index is 12.1. The lowest BCUT2D eigenvalue weighted by Crippen LogP contribution is -2.24. The van der Waals surface area contributed by atoms with Gasteiger partial charge in [0.15, 0.2) is 0 Å². The first-order chi connectivity index (χ1) is 11.5. The lowest BCUT2D eigenvalue weighted by molar-refractivity contribution is -0.120. The van der Waals surface area contributed by atoms with Crippen LogP contribution >= 0.6 is 11.3 Å². The predicted molar refractivity (Wildman–Crippen MR) is 97.9 cm³/mol. The van der Waals surface area contributed by atoms with E-state index in [9.17, 15) is 4.79 Å². The first-order valence-corrected chi connectivity index (χ1v) is 8.76. The summed E-state index contributed by atoms with van der Waals surface area (Å²) in [7, 11) is 0. The number of amides is 1. The Morgan fingerprint density at radius 1 is 1.25 bits per heavy atom. The van der Waals surface area contributed by atoms with Crippen molar-refractivity contribution < 1.29 is 4.79 Å². The monoisotopic (exact) mass is 340 g/mol. The molecule has 0 spiro atoms. The number of carbonyl (C=O) groups is 1. The maximum atomic E-state index is 12.1. The second-order valence-corrected chi connectivity index (χ2v) is 6.94. The van der Waals surface area contributed by atoms with Crippen molar-refractivity contribution in [2.24, 2.45) is 0 Å². The van der Waals surface area contributed by atoms with E-state index >= 15 is 0 Å². The van der Waals surface area contributed by atoms with Gasteiger partial charge in [-0.05, 0) is 18.1 Å². The van der Waals surface area contributed by atoms with Gasteiger partial charge in [-0.3, -0.25) is 9.78 Å². The summed E-state index contributed by atoms with van der Waals surface area (Å²) >= 11 is 1.57. The van der Waals surface area contributed by atoms with Crippen LogP contribution in [0.25, 0.3) is 10.9 Å². The Balaban J connectivity index is 1.63. The fourth-order valence-corrected chi connectivity index (χ4v) is 3.28. The van der Waals surface area contributed by atoms with Crippen molar-refractivity contribution in [1.29, 1.82) is 0 Å². The molecule has 124 valence electrons. The third-order valence-corrected chi connectivity index (χ3v) is 4.62. The Labute approximate surface area is 144 Å². The molecule has 0 aliphatic heterocycles. The molecular weight excluding hydrogens is 320 g/mol. The lowest BCUT2D eigenvalue weighted by Gasteiger charge is -2.06. The highest BCUT2D eigenvalue weighted by molar-refractivity contribution is 7.09. The van der Waals surface area contributed by atoms with Gasteiger partial charge in [-0.15, -0.1) is 11.3 Å². The minimum absolute atomic E-state index is 0.0716. The molecule has 5 nitrogen and oxygen atoms in total. The summed E-state index contributed by atoms with van der Waals surface area (Å²) in [6, 6.07) is 9.47. The highest BCUT2D eigenvalue weighted by atomic mass is 32.1. The molecule has 0 unspecified atom stereocenters.